The van der Waals surface area contributed by atoms with Crippen LogP contribution in [0.4, 0.5) is 16.6 Å². The lowest BCUT2D eigenvalue weighted by molar-refractivity contribution is 0.0606. The molecule has 7 heteroatoms. The first-order chi connectivity index (χ1) is 9.02. The van der Waals surface area contributed by atoms with Gasteiger partial charge in [0.1, 0.15) is 10.7 Å². The van der Waals surface area contributed by atoms with Gasteiger partial charge in [0, 0.05) is 7.05 Å². The molecule has 0 bridgehead atoms. The number of carbonyl (C=O) groups is 1. The van der Waals surface area contributed by atoms with E-state index in [1.54, 1.807) is 6.07 Å². The summed E-state index contributed by atoms with van der Waals surface area (Å²) in [5, 5.41) is 8.79. The van der Waals surface area contributed by atoms with Crippen molar-refractivity contribution in [3.63, 3.8) is 0 Å². The number of anilines is 3. The Kier molecular flexibility index (Phi) is 3.66. The molecule has 19 heavy (non-hydrogen) atoms. The highest BCUT2D eigenvalue weighted by molar-refractivity contribution is 7.17. The number of nitrogens with two attached hydrogens (primary N) is 1. The van der Waals surface area contributed by atoms with Crippen LogP contribution in [-0.4, -0.2) is 30.3 Å². The van der Waals surface area contributed by atoms with Crippen LogP contribution in [0.1, 0.15) is 15.2 Å². The second-order valence-corrected chi connectivity index (χ2v) is 5.02. The number of thiophene rings is 1. The van der Waals surface area contributed by atoms with Gasteiger partial charge in [-0.3, -0.25) is 0 Å². The van der Waals surface area contributed by atoms with Crippen molar-refractivity contribution in [3.8, 4) is 0 Å². The molecule has 0 radical (unpaired) electrons. The van der Waals surface area contributed by atoms with E-state index < -0.39 is 0 Å². The molecule has 0 aliphatic carbocycles. The van der Waals surface area contributed by atoms with Gasteiger partial charge in [-0.2, -0.15) is 0 Å². The van der Waals surface area contributed by atoms with Crippen molar-refractivity contribution < 1.29 is 9.53 Å². The largest absolute Gasteiger partial charge is 0.465 e. The molecule has 0 unspecified atom stereocenters. The van der Waals surface area contributed by atoms with Crippen LogP contribution < -0.4 is 10.6 Å². The summed E-state index contributed by atoms with van der Waals surface area (Å²) in [4.78, 5) is 13.8. The number of esters is 1. The van der Waals surface area contributed by atoms with Gasteiger partial charge < -0.3 is 15.4 Å². The van der Waals surface area contributed by atoms with Crippen molar-refractivity contribution in [2.45, 2.75) is 6.92 Å². The average Bonchev–Trinajstić information content (AvgIpc) is 2.89. The van der Waals surface area contributed by atoms with Crippen LogP contribution in [0.15, 0.2) is 18.2 Å². The van der Waals surface area contributed by atoms with Gasteiger partial charge in [0.2, 0.25) is 0 Å². The standard InChI is InChI=1S/C12H14N4O2S/c1-7-6-9(14-15-11(7)13)16(2)10-5-4-8(19-10)12(17)18-3/h4-6H,1-3H3,(H2,13,15). The fourth-order valence-corrected chi connectivity index (χ4v) is 2.37. The molecular formula is C12H14N4O2S. The van der Waals surface area contributed by atoms with Gasteiger partial charge in [0.15, 0.2) is 5.82 Å². The lowest BCUT2D eigenvalue weighted by Gasteiger charge is -2.15. The molecule has 2 N–H and O–H groups in total. The molecule has 2 rings (SSSR count). The van der Waals surface area contributed by atoms with Crippen molar-refractivity contribution in [1.82, 2.24) is 10.2 Å². The highest BCUT2D eigenvalue weighted by atomic mass is 32.1. The number of carbonyl (C=O) groups excluding carboxylic acids is 1. The smallest absolute Gasteiger partial charge is 0.348 e. The van der Waals surface area contributed by atoms with E-state index in [1.807, 2.05) is 31.0 Å². The van der Waals surface area contributed by atoms with Crippen LogP contribution in [0.3, 0.4) is 0 Å². The number of aromatic nitrogens is 2. The zero-order chi connectivity index (χ0) is 14.0. The first-order valence-electron chi connectivity index (χ1n) is 5.54. The summed E-state index contributed by atoms with van der Waals surface area (Å²) >= 11 is 1.33. The Labute approximate surface area is 114 Å². The fourth-order valence-electron chi connectivity index (χ4n) is 1.48. The highest BCUT2D eigenvalue weighted by Crippen LogP contribution is 2.30. The molecule has 2 aromatic heterocycles. The third kappa shape index (κ3) is 2.65. The number of hydrogen-bond donors (Lipinski definition) is 1. The monoisotopic (exact) mass is 278 g/mol. The van der Waals surface area contributed by atoms with E-state index in [9.17, 15) is 4.79 Å². The molecule has 2 aromatic rings. The third-order valence-electron chi connectivity index (χ3n) is 2.66. The fraction of sp³-hybridized carbons (Fsp3) is 0.250. The average molecular weight is 278 g/mol. The van der Waals surface area contributed by atoms with E-state index in [4.69, 9.17) is 5.73 Å². The Morgan fingerprint density at radius 2 is 2.16 bits per heavy atom. The van der Waals surface area contributed by atoms with E-state index >= 15 is 0 Å². The van der Waals surface area contributed by atoms with E-state index in [-0.39, 0.29) is 5.97 Å². The molecule has 0 saturated carbocycles. The molecule has 6 nitrogen and oxygen atoms in total. The number of hydrogen-bond acceptors (Lipinski definition) is 7. The first kappa shape index (κ1) is 13.3. The minimum atomic E-state index is -0.343. The Morgan fingerprint density at radius 3 is 2.79 bits per heavy atom. The van der Waals surface area contributed by atoms with Gasteiger partial charge in [-0.15, -0.1) is 21.5 Å². The molecule has 0 aliphatic rings. The topological polar surface area (TPSA) is 81.3 Å². The summed E-state index contributed by atoms with van der Waals surface area (Å²) in [6.07, 6.45) is 0. The molecular weight excluding hydrogens is 264 g/mol. The quantitative estimate of drug-likeness (QED) is 0.865. The van der Waals surface area contributed by atoms with Crippen molar-refractivity contribution in [2.75, 3.05) is 24.8 Å². The predicted molar refractivity (Wildman–Crippen MR) is 74.9 cm³/mol. The zero-order valence-corrected chi connectivity index (χ0v) is 11.7. The lowest BCUT2D eigenvalue weighted by Crippen LogP contribution is -2.11. The molecule has 0 fully saturated rings. The van der Waals surface area contributed by atoms with Crippen LogP contribution in [0.5, 0.6) is 0 Å². The summed E-state index contributed by atoms with van der Waals surface area (Å²) in [7, 11) is 3.22. The lowest BCUT2D eigenvalue weighted by atomic mass is 10.3. The maximum Gasteiger partial charge on any atom is 0.348 e. The highest BCUT2D eigenvalue weighted by Gasteiger charge is 2.14. The second-order valence-electron chi connectivity index (χ2n) is 3.96. The van der Waals surface area contributed by atoms with Crippen LogP contribution >= 0.6 is 11.3 Å². The van der Waals surface area contributed by atoms with E-state index in [2.05, 4.69) is 14.9 Å². The molecule has 0 amide bonds. The van der Waals surface area contributed by atoms with Crippen LogP contribution in [0.25, 0.3) is 0 Å². The van der Waals surface area contributed by atoms with Gasteiger partial charge in [-0.25, -0.2) is 4.79 Å². The molecule has 0 atom stereocenters. The molecule has 100 valence electrons. The number of ether oxygens (including phenoxy) is 1. The van der Waals surface area contributed by atoms with Gasteiger partial charge >= 0.3 is 5.97 Å². The number of aryl methyl sites for hydroxylation is 1. The third-order valence-corrected chi connectivity index (χ3v) is 3.80. The van der Waals surface area contributed by atoms with Crippen molar-refractivity contribution >= 4 is 33.9 Å². The SMILES string of the molecule is COC(=O)c1ccc(N(C)c2cc(C)c(N)nn2)s1. The minimum Gasteiger partial charge on any atom is -0.465 e. The minimum absolute atomic E-state index is 0.343. The molecule has 0 saturated heterocycles. The first-order valence-corrected chi connectivity index (χ1v) is 6.36. The zero-order valence-electron chi connectivity index (χ0n) is 10.9. The van der Waals surface area contributed by atoms with Crippen molar-refractivity contribution in [2.24, 2.45) is 0 Å². The maximum atomic E-state index is 11.4. The number of nitrogen functional groups attached to an aromatic ring is 1. The summed E-state index contributed by atoms with van der Waals surface area (Å²) in [6, 6.07) is 5.41. The van der Waals surface area contributed by atoms with Crippen LogP contribution in [0, 0.1) is 6.92 Å². The number of rotatable bonds is 3. The molecule has 2 heterocycles. The summed E-state index contributed by atoms with van der Waals surface area (Å²) in [5.74, 6) is 0.743. The Morgan fingerprint density at radius 1 is 1.42 bits per heavy atom. The van der Waals surface area contributed by atoms with Gasteiger partial charge in [-0.1, -0.05) is 0 Å². The van der Waals surface area contributed by atoms with Gasteiger partial charge in [-0.05, 0) is 30.7 Å². The van der Waals surface area contributed by atoms with E-state index in [0.29, 0.717) is 16.5 Å². The summed E-state index contributed by atoms with van der Waals surface area (Å²) in [6.45, 7) is 1.87. The Hall–Kier alpha value is -2.15. The molecule has 0 spiro atoms. The Bertz CT molecular complexity index is 612. The van der Waals surface area contributed by atoms with Crippen LogP contribution in [0.2, 0.25) is 0 Å². The summed E-state index contributed by atoms with van der Waals surface area (Å²) < 4.78 is 4.68. The predicted octanol–water partition coefficient (Wildman–Crippen LogP) is 1.98. The number of nitrogens with zero attached hydrogens (tertiary/aromatic N) is 3. The normalized spacial score (nSPS) is 10.3. The van der Waals surface area contributed by atoms with E-state index in [1.165, 1.54) is 18.4 Å². The Balaban J connectivity index is 2.28. The molecule has 0 aliphatic heterocycles. The van der Waals surface area contributed by atoms with Crippen molar-refractivity contribution in [3.05, 3.63) is 28.6 Å². The second kappa shape index (κ2) is 5.23. The van der Waals surface area contributed by atoms with Gasteiger partial charge in [0.05, 0.1) is 12.1 Å². The molecule has 0 aromatic carbocycles. The van der Waals surface area contributed by atoms with Gasteiger partial charge in [0.25, 0.3) is 0 Å². The summed E-state index contributed by atoms with van der Waals surface area (Å²) in [5.41, 5.74) is 6.50. The maximum absolute atomic E-state index is 11.4. The number of methoxy groups -OCH3 is 1. The van der Waals surface area contributed by atoms with E-state index in [0.717, 1.165) is 10.6 Å². The van der Waals surface area contributed by atoms with Crippen molar-refractivity contribution in [1.29, 1.82) is 0 Å². The van der Waals surface area contributed by atoms with Crippen LogP contribution in [-0.2, 0) is 4.74 Å².